The van der Waals surface area contributed by atoms with Gasteiger partial charge in [0.1, 0.15) is 0 Å². The molecule has 40 heavy (non-hydrogen) atoms. The number of rotatable bonds is 4. The highest BCUT2D eigenvalue weighted by atomic mass is 19.4. The number of amides is 3. The molecule has 214 valence electrons. The first-order valence-corrected chi connectivity index (χ1v) is 13.6. The topological polar surface area (TPSA) is 93.8 Å². The van der Waals surface area contributed by atoms with Gasteiger partial charge in [0.2, 0.25) is 11.8 Å². The number of alkyl halides is 3. The van der Waals surface area contributed by atoms with Crippen LogP contribution in [0.4, 0.5) is 24.5 Å². The second-order valence-electron chi connectivity index (χ2n) is 11.2. The molecule has 4 atom stereocenters. The monoisotopic (exact) mass is 557 g/mol. The summed E-state index contributed by atoms with van der Waals surface area (Å²) < 4.78 is 41.2. The fraction of sp³-hybridized carbons (Fsp3) is 0.483. The Kier molecular flexibility index (Phi) is 7.52. The van der Waals surface area contributed by atoms with Gasteiger partial charge in [-0.05, 0) is 74.1 Å². The predicted molar refractivity (Wildman–Crippen MR) is 145 cm³/mol. The van der Waals surface area contributed by atoms with E-state index in [-0.39, 0.29) is 41.6 Å². The van der Waals surface area contributed by atoms with Crippen molar-refractivity contribution in [3.63, 3.8) is 0 Å². The second kappa shape index (κ2) is 10.8. The maximum atomic E-state index is 13.7. The number of nitrogens with zero attached hydrogens (tertiary/aromatic N) is 2. The lowest BCUT2D eigenvalue weighted by Crippen LogP contribution is -2.57. The minimum atomic E-state index is -4.67. The van der Waals surface area contributed by atoms with Crippen molar-refractivity contribution >= 4 is 29.1 Å². The SMILES string of the molecule is Cc1ccc(NC(=O)c2cc(N3CCNC(=O)C3)cc(C(F)(F)F)c2)cc1C1CC2CNC(C)CC2N(C)C1=O. The lowest BCUT2D eigenvalue weighted by Gasteiger charge is -2.47. The van der Waals surface area contributed by atoms with E-state index in [0.717, 1.165) is 36.2 Å². The minimum absolute atomic E-state index is 0.0371. The van der Waals surface area contributed by atoms with Crippen LogP contribution in [-0.2, 0) is 15.8 Å². The highest BCUT2D eigenvalue weighted by Gasteiger charge is 2.43. The summed E-state index contributed by atoms with van der Waals surface area (Å²) in [6.45, 7) is 5.39. The van der Waals surface area contributed by atoms with E-state index in [1.165, 1.54) is 11.0 Å². The number of likely N-dealkylation sites (N-methyl/N-ethyl adjacent to an activating group) is 1. The molecule has 3 amide bonds. The van der Waals surface area contributed by atoms with Crippen LogP contribution in [0.5, 0.6) is 0 Å². The number of carbonyl (C=O) groups excluding carboxylic acids is 3. The van der Waals surface area contributed by atoms with Crippen molar-refractivity contribution in [2.45, 2.75) is 50.9 Å². The number of anilines is 2. The molecule has 0 aromatic heterocycles. The number of fused-ring (bicyclic) bond motifs is 1. The Morgan fingerprint density at radius 2 is 1.88 bits per heavy atom. The van der Waals surface area contributed by atoms with Gasteiger partial charge in [0.05, 0.1) is 18.0 Å². The largest absolute Gasteiger partial charge is 0.416 e. The van der Waals surface area contributed by atoms with Gasteiger partial charge in [0.15, 0.2) is 0 Å². The first kappa shape index (κ1) is 27.9. The average Bonchev–Trinajstić information content (AvgIpc) is 2.91. The Hall–Kier alpha value is -3.60. The summed E-state index contributed by atoms with van der Waals surface area (Å²) in [7, 11) is 1.85. The third-order valence-corrected chi connectivity index (χ3v) is 8.37. The molecule has 0 radical (unpaired) electrons. The van der Waals surface area contributed by atoms with E-state index in [1.54, 1.807) is 12.1 Å². The fourth-order valence-electron chi connectivity index (χ4n) is 6.16. The van der Waals surface area contributed by atoms with Crippen molar-refractivity contribution in [1.82, 2.24) is 15.5 Å². The highest BCUT2D eigenvalue weighted by molar-refractivity contribution is 6.05. The summed E-state index contributed by atoms with van der Waals surface area (Å²) in [5.74, 6) is -1.03. The standard InChI is InChI=1S/C29H34F3N5O3/c1-16-4-5-21(13-23(16)24-11-19-14-34-17(2)8-25(19)36(3)28(24)40)35-27(39)18-9-20(29(30,31)32)12-22(10-18)37-7-6-33-26(38)15-37/h4-5,9-10,12-13,17,19,24-25,34H,6-8,11,14-15H2,1-3H3,(H,33,38)(H,35,39). The molecule has 11 heteroatoms. The maximum absolute atomic E-state index is 13.7. The minimum Gasteiger partial charge on any atom is -0.360 e. The highest BCUT2D eigenvalue weighted by Crippen LogP contribution is 2.39. The number of likely N-dealkylation sites (tertiary alicyclic amines) is 1. The molecule has 3 aliphatic rings. The molecule has 2 aromatic carbocycles. The van der Waals surface area contributed by atoms with E-state index in [9.17, 15) is 27.6 Å². The van der Waals surface area contributed by atoms with Crippen LogP contribution in [-0.4, -0.2) is 67.9 Å². The number of piperazine rings is 1. The van der Waals surface area contributed by atoms with Crippen molar-refractivity contribution in [3.8, 4) is 0 Å². The molecule has 0 saturated carbocycles. The lowest BCUT2D eigenvalue weighted by molar-refractivity contribution is -0.140. The molecule has 0 bridgehead atoms. The molecule has 8 nitrogen and oxygen atoms in total. The van der Waals surface area contributed by atoms with Gasteiger partial charge in [-0.1, -0.05) is 6.07 Å². The zero-order chi connectivity index (χ0) is 28.8. The number of halogens is 3. The van der Waals surface area contributed by atoms with Gasteiger partial charge in [-0.2, -0.15) is 13.2 Å². The lowest BCUT2D eigenvalue weighted by atomic mass is 9.75. The summed E-state index contributed by atoms with van der Waals surface area (Å²) in [5.41, 5.74) is 1.12. The molecule has 2 aromatic rings. The van der Waals surface area contributed by atoms with Gasteiger partial charge in [-0.15, -0.1) is 0 Å². The number of hydrogen-bond acceptors (Lipinski definition) is 5. The molecule has 3 N–H and O–H groups in total. The first-order chi connectivity index (χ1) is 18.9. The predicted octanol–water partition coefficient (Wildman–Crippen LogP) is 3.51. The Bertz CT molecular complexity index is 1330. The van der Waals surface area contributed by atoms with Crippen molar-refractivity contribution in [1.29, 1.82) is 0 Å². The Balaban J connectivity index is 1.40. The molecular weight excluding hydrogens is 523 g/mol. The van der Waals surface area contributed by atoms with Gasteiger partial charge < -0.3 is 25.8 Å². The third-order valence-electron chi connectivity index (χ3n) is 8.37. The molecule has 5 rings (SSSR count). The average molecular weight is 558 g/mol. The number of benzene rings is 2. The number of nitrogens with one attached hydrogen (secondary N) is 3. The van der Waals surface area contributed by atoms with E-state index in [0.29, 0.717) is 37.2 Å². The smallest absolute Gasteiger partial charge is 0.360 e. The Labute approximate surface area is 231 Å². The first-order valence-electron chi connectivity index (χ1n) is 13.6. The van der Waals surface area contributed by atoms with E-state index in [2.05, 4.69) is 22.9 Å². The molecule has 3 aliphatic heterocycles. The van der Waals surface area contributed by atoms with Crippen LogP contribution in [0.25, 0.3) is 0 Å². The maximum Gasteiger partial charge on any atom is 0.416 e. The van der Waals surface area contributed by atoms with E-state index in [1.807, 2.05) is 24.9 Å². The molecule has 3 heterocycles. The van der Waals surface area contributed by atoms with Gasteiger partial charge in [-0.3, -0.25) is 14.4 Å². The Morgan fingerprint density at radius 3 is 2.60 bits per heavy atom. The third kappa shape index (κ3) is 5.65. The molecular formula is C29H34F3N5O3. The van der Waals surface area contributed by atoms with Crippen molar-refractivity contribution in [3.05, 3.63) is 58.7 Å². The number of aryl methyl sites for hydroxylation is 1. The second-order valence-corrected chi connectivity index (χ2v) is 11.2. The van der Waals surface area contributed by atoms with E-state index in [4.69, 9.17) is 0 Å². The summed E-state index contributed by atoms with van der Waals surface area (Å²) in [5, 5.41) is 8.88. The number of piperidine rings is 2. The van der Waals surface area contributed by atoms with Crippen LogP contribution in [0.2, 0.25) is 0 Å². The normalized spacial score (nSPS) is 25.4. The number of carbonyl (C=O) groups is 3. The van der Waals surface area contributed by atoms with E-state index < -0.39 is 17.6 Å². The van der Waals surface area contributed by atoms with Gasteiger partial charge >= 0.3 is 6.18 Å². The van der Waals surface area contributed by atoms with Crippen LogP contribution < -0.4 is 20.9 Å². The summed E-state index contributed by atoms with van der Waals surface area (Å²) in [6, 6.07) is 8.93. The van der Waals surface area contributed by atoms with Crippen LogP contribution in [0.15, 0.2) is 36.4 Å². The van der Waals surface area contributed by atoms with Crippen LogP contribution >= 0.6 is 0 Å². The van der Waals surface area contributed by atoms with Gasteiger partial charge in [0.25, 0.3) is 5.91 Å². The summed E-state index contributed by atoms with van der Waals surface area (Å²) in [6.07, 6.45) is -3.08. The molecule has 3 saturated heterocycles. The zero-order valence-corrected chi connectivity index (χ0v) is 22.8. The molecule has 3 fully saturated rings. The Morgan fingerprint density at radius 1 is 1.10 bits per heavy atom. The molecule has 0 spiro atoms. The van der Waals surface area contributed by atoms with Crippen molar-refractivity contribution in [2.75, 3.05) is 43.4 Å². The van der Waals surface area contributed by atoms with Crippen LogP contribution in [0.3, 0.4) is 0 Å². The number of hydrogen-bond donors (Lipinski definition) is 3. The van der Waals surface area contributed by atoms with Crippen LogP contribution in [0.1, 0.15) is 52.7 Å². The quantitative estimate of drug-likeness (QED) is 0.535. The van der Waals surface area contributed by atoms with Gasteiger partial charge in [0, 0.05) is 55.7 Å². The fourth-order valence-corrected chi connectivity index (χ4v) is 6.16. The van der Waals surface area contributed by atoms with Crippen molar-refractivity contribution in [2.24, 2.45) is 5.92 Å². The molecule has 4 unspecified atom stereocenters. The summed E-state index contributed by atoms with van der Waals surface area (Å²) in [4.78, 5) is 41.9. The van der Waals surface area contributed by atoms with Crippen molar-refractivity contribution < 1.29 is 27.6 Å². The summed E-state index contributed by atoms with van der Waals surface area (Å²) >= 11 is 0. The zero-order valence-electron chi connectivity index (χ0n) is 22.8. The van der Waals surface area contributed by atoms with E-state index >= 15 is 0 Å². The van der Waals surface area contributed by atoms with Crippen LogP contribution in [0, 0.1) is 12.8 Å². The van der Waals surface area contributed by atoms with Gasteiger partial charge in [-0.25, -0.2) is 0 Å². The molecule has 0 aliphatic carbocycles.